The first-order valence-corrected chi connectivity index (χ1v) is 4.94. The number of alkyl halides is 1. The summed E-state index contributed by atoms with van der Waals surface area (Å²) in [6, 6.07) is 0. The monoisotopic (exact) mass is 178 g/mol. The third-order valence-corrected chi connectivity index (χ3v) is 1.64. The van der Waals surface area contributed by atoms with Crippen molar-refractivity contribution in [2.24, 2.45) is 5.92 Å². The van der Waals surface area contributed by atoms with Gasteiger partial charge in [-0.05, 0) is 25.2 Å². The minimum atomic E-state index is 0.656. The summed E-state index contributed by atoms with van der Waals surface area (Å²) in [5.74, 6) is 1.44. The van der Waals surface area contributed by atoms with Gasteiger partial charge in [0.1, 0.15) is 0 Å². The maximum atomic E-state index is 5.52. The van der Waals surface area contributed by atoms with Crippen LogP contribution in [0.25, 0.3) is 0 Å². The van der Waals surface area contributed by atoms with Crippen molar-refractivity contribution in [3.05, 3.63) is 0 Å². The number of rotatable bonds is 7. The van der Waals surface area contributed by atoms with Crippen LogP contribution in [0.4, 0.5) is 0 Å². The fraction of sp³-hybridized carbons (Fsp3) is 1.00. The second kappa shape index (κ2) is 8.35. The van der Waals surface area contributed by atoms with Crippen molar-refractivity contribution in [2.75, 3.05) is 19.1 Å². The van der Waals surface area contributed by atoms with E-state index in [-0.39, 0.29) is 0 Å². The van der Waals surface area contributed by atoms with Crippen LogP contribution in [-0.4, -0.2) is 19.1 Å². The zero-order valence-electron chi connectivity index (χ0n) is 7.61. The fourth-order valence-electron chi connectivity index (χ4n) is 0.794. The predicted molar refractivity (Wildman–Crippen MR) is 50.2 cm³/mol. The summed E-state index contributed by atoms with van der Waals surface area (Å²) in [5.41, 5.74) is 0. The van der Waals surface area contributed by atoms with Crippen LogP contribution in [0.2, 0.25) is 0 Å². The Morgan fingerprint density at radius 1 is 1.18 bits per heavy atom. The third-order valence-electron chi connectivity index (χ3n) is 1.37. The van der Waals surface area contributed by atoms with Crippen LogP contribution in [0.5, 0.6) is 0 Å². The van der Waals surface area contributed by atoms with E-state index in [2.05, 4.69) is 13.8 Å². The number of hydrogen-bond donors (Lipinski definition) is 0. The van der Waals surface area contributed by atoms with Crippen molar-refractivity contribution in [2.45, 2.75) is 33.1 Å². The molecule has 0 N–H and O–H groups in total. The molecule has 0 spiro atoms. The van der Waals surface area contributed by atoms with Crippen LogP contribution in [0.3, 0.4) is 0 Å². The van der Waals surface area contributed by atoms with E-state index in [0.717, 1.165) is 31.9 Å². The molecule has 68 valence electrons. The summed E-state index contributed by atoms with van der Waals surface area (Å²) in [6.45, 7) is 6.12. The van der Waals surface area contributed by atoms with E-state index in [1.165, 1.54) is 6.42 Å². The second-order valence-electron chi connectivity index (χ2n) is 3.22. The maximum Gasteiger partial charge on any atom is 0.0488 e. The molecule has 0 atom stereocenters. The quantitative estimate of drug-likeness (QED) is 0.430. The van der Waals surface area contributed by atoms with Gasteiger partial charge >= 0.3 is 0 Å². The molecule has 0 saturated heterocycles. The van der Waals surface area contributed by atoms with Gasteiger partial charge in [0.25, 0.3) is 0 Å². The van der Waals surface area contributed by atoms with Crippen LogP contribution >= 0.6 is 11.6 Å². The van der Waals surface area contributed by atoms with Crippen molar-refractivity contribution >= 4 is 11.6 Å². The van der Waals surface area contributed by atoms with Gasteiger partial charge < -0.3 is 4.74 Å². The van der Waals surface area contributed by atoms with Crippen molar-refractivity contribution < 1.29 is 4.74 Å². The molecule has 0 bridgehead atoms. The Labute approximate surface area is 75.1 Å². The minimum Gasteiger partial charge on any atom is -0.381 e. The molecule has 11 heavy (non-hydrogen) atoms. The maximum absolute atomic E-state index is 5.52. The molecule has 0 radical (unpaired) electrons. The molecule has 0 aliphatic heterocycles. The molecule has 0 aromatic heterocycles. The lowest BCUT2D eigenvalue weighted by molar-refractivity contribution is 0.107. The van der Waals surface area contributed by atoms with E-state index in [1.807, 2.05) is 0 Å². The Bertz CT molecular complexity index is 74.0. The highest BCUT2D eigenvalue weighted by Gasteiger charge is 1.93. The summed E-state index contributed by atoms with van der Waals surface area (Å²) < 4.78 is 5.40. The van der Waals surface area contributed by atoms with Crippen LogP contribution in [0, 0.1) is 5.92 Å². The molecule has 0 saturated carbocycles. The number of halogens is 1. The SMILES string of the molecule is CC(C)COCCCCCCl. The van der Waals surface area contributed by atoms with Gasteiger partial charge in [-0.3, -0.25) is 0 Å². The molecule has 0 aromatic carbocycles. The summed E-state index contributed by atoms with van der Waals surface area (Å²) >= 11 is 5.52. The highest BCUT2D eigenvalue weighted by atomic mass is 35.5. The summed E-state index contributed by atoms with van der Waals surface area (Å²) in [6.07, 6.45) is 3.47. The summed E-state index contributed by atoms with van der Waals surface area (Å²) in [5, 5.41) is 0. The van der Waals surface area contributed by atoms with Crippen LogP contribution < -0.4 is 0 Å². The van der Waals surface area contributed by atoms with Gasteiger partial charge in [-0.15, -0.1) is 11.6 Å². The summed E-state index contributed by atoms with van der Waals surface area (Å²) in [4.78, 5) is 0. The Balaban J connectivity index is 2.80. The van der Waals surface area contributed by atoms with E-state index >= 15 is 0 Å². The second-order valence-corrected chi connectivity index (χ2v) is 3.60. The normalized spacial score (nSPS) is 10.9. The lowest BCUT2D eigenvalue weighted by atomic mass is 10.2. The Kier molecular flexibility index (Phi) is 8.54. The fourth-order valence-corrected chi connectivity index (χ4v) is 0.983. The third kappa shape index (κ3) is 10.2. The van der Waals surface area contributed by atoms with Crippen molar-refractivity contribution in [1.29, 1.82) is 0 Å². The average Bonchev–Trinajstić information content (AvgIpc) is 1.96. The molecule has 0 amide bonds. The number of ether oxygens (including phenoxy) is 1. The molecule has 0 aliphatic carbocycles. The lowest BCUT2D eigenvalue weighted by Gasteiger charge is -2.05. The number of unbranched alkanes of at least 4 members (excludes halogenated alkanes) is 2. The van der Waals surface area contributed by atoms with E-state index < -0.39 is 0 Å². The largest absolute Gasteiger partial charge is 0.381 e. The van der Waals surface area contributed by atoms with E-state index in [0.29, 0.717) is 5.92 Å². The first-order valence-electron chi connectivity index (χ1n) is 4.41. The highest BCUT2D eigenvalue weighted by molar-refractivity contribution is 6.17. The molecule has 1 nitrogen and oxygen atoms in total. The topological polar surface area (TPSA) is 9.23 Å². The Hall–Kier alpha value is 0.250. The zero-order chi connectivity index (χ0) is 8.53. The van der Waals surface area contributed by atoms with Gasteiger partial charge in [-0.1, -0.05) is 13.8 Å². The molecule has 0 rings (SSSR count). The molecule has 2 heteroatoms. The molecule has 0 heterocycles. The van der Waals surface area contributed by atoms with Gasteiger partial charge in [-0.2, -0.15) is 0 Å². The van der Waals surface area contributed by atoms with Crippen LogP contribution in [0.1, 0.15) is 33.1 Å². The van der Waals surface area contributed by atoms with E-state index in [9.17, 15) is 0 Å². The Morgan fingerprint density at radius 3 is 2.45 bits per heavy atom. The zero-order valence-corrected chi connectivity index (χ0v) is 8.36. The molecule has 0 unspecified atom stereocenters. The van der Waals surface area contributed by atoms with Crippen LogP contribution in [0.15, 0.2) is 0 Å². The lowest BCUT2D eigenvalue weighted by Crippen LogP contribution is -2.02. The van der Waals surface area contributed by atoms with Crippen LogP contribution in [-0.2, 0) is 4.74 Å². The van der Waals surface area contributed by atoms with Gasteiger partial charge in [0.15, 0.2) is 0 Å². The molecular weight excluding hydrogens is 160 g/mol. The first kappa shape index (κ1) is 11.2. The minimum absolute atomic E-state index is 0.656. The van der Waals surface area contributed by atoms with Gasteiger partial charge in [0.2, 0.25) is 0 Å². The molecular formula is C9H19ClO. The van der Waals surface area contributed by atoms with Gasteiger partial charge in [0, 0.05) is 19.1 Å². The smallest absolute Gasteiger partial charge is 0.0488 e. The van der Waals surface area contributed by atoms with E-state index in [1.54, 1.807) is 0 Å². The molecule has 0 aromatic rings. The predicted octanol–water partition coefficient (Wildman–Crippen LogP) is 3.07. The average molecular weight is 179 g/mol. The van der Waals surface area contributed by atoms with Gasteiger partial charge in [0.05, 0.1) is 0 Å². The summed E-state index contributed by atoms with van der Waals surface area (Å²) in [7, 11) is 0. The van der Waals surface area contributed by atoms with Gasteiger partial charge in [-0.25, -0.2) is 0 Å². The van der Waals surface area contributed by atoms with Crippen molar-refractivity contribution in [3.63, 3.8) is 0 Å². The molecule has 0 fully saturated rings. The highest BCUT2D eigenvalue weighted by Crippen LogP contribution is 1.99. The standard InChI is InChI=1S/C9H19ClO/c1-9(2)8-11-7-5-3-4-6-10/h9H,3-8H2,1-2H3. The first-order chi connectivity index (χ1) is 5.27. The Morgan fingerprint density at radius 2 is 1.91 bits per heavy atom. The molecule has 0 aliphatic rings. The van der Waals surface area contributed by atoms with Crippen molar-refractivity contribution in [3.8, 4) is 0 Å². The van der Waals surface area contributed by atoms with Crippen molar-refractivity contribution in [1.82, 2.24) is 0 Å². The van der Waals surface area contributed by atoms with E-state index in [4.69, 9.17) is 16.3 Å². The number of hydrogen-bond acceptors (Lipinski definition) is 1.